The van der Waals surface area contributed by atoms with Crippen LogP contribution < -0.4 is 0 Å². The number of nitrogens with zero attached hydrogens (tertiary/aromatic N) is 3. The highest BCUT2D eigenvalue weighted by Gasteiger charge is 2.24. The lowest BCUT2D eigenvalue weighted by atomic mass is 9.86. The monoisotopic (exact) mass is 169 g/mol. The van der Waals surface area contributed by atoms with Crippen molar-refractivity contribution in [1.82, 2.24) is 0 Å². The number of carboxylic acid groups (broad SMARTS) is 1. The van der Waals surface area contributed by atoms with Gasteiger partial charge in [-0.1, -0.05) is 5.11 Å². The summed E-state index contributed by atoms with van der Waals surface area (Å²) < 4.78 is 0. The molecule has 1 rings (SSSR count). The summed E-state index contributed by atoms with van der Waals surface area (Å²) in [4.78, 5) is 13.2. The predicted octanol–water partition coefficient (Wildman–Crippen LogP) is 1.94. The lowest BCUT2D eigenvalue weighted by Crippen LogP contribution is -2.22. The van der Waals surface area contributed by atoms with Gasteiger partial charge in [-0.3, -0.25) is 4.79 Å². The van der Waals surface area contributed by atoms with Crippen LogP contribution in [-0.4, -0.2) is 17.1 Å². The minimum absolute atomic E-state index is 0.0191. The second kappa shape index (κ2) is 3.97. The molecule has 0 amide bonds. The zero-order valence-corrected chi connectivity index (χ0v) is 6.68. The third kappa shape index (κ3) is 2.13. The van der Waals surface area contributed by atoms with Crippen LogP contribution in [-0.2, 0) is 4.79 Å². The number of azide groups is 1. The maximum Gasteiger partial charge on any atom is 0.306 e. The molecule has 0 unspecified atom stereocenters. The minimum Gasteiger partial charge on any atom is -0.481 e. The van der Waals surface area contributed by atoms with Gasteiger partial charge in [0.05, 0.1) is 5.92 Å². The minimum atomic E-state index is -0.727. The molecule has 0 saturated heterocycles. The van der Waals surface area contributed by atoms with Gasteiger partial charge in [-0.2, -0.15) is 0 Å². The molecule has 0 aromatic heterocycles. The fourth-order valence-electron chi connectivity index (χ4n) is 1.51. The Morgan fingerprint density at radius 2 is 2.00 bits per heavy atom. The van der Waals surface area contributed by atoms with Gasteiger partial charge in [-0.05, 0) is 31.2 Å². The highest BCUT2D eigenvalue weighted by molar-refractivity contribution is 5.70. The molecule has 1 fully saturated rings. The molecule has 0 radical (unpaired) electrons. The first kappa shape index (κ1) is 8.87. The van der Waals surface area contributed by atoms with Gasteiger partial charge in [-0.15, -0.1) is 0 Å². The molecule has 12 heavy (non-hydrogen) atoms. The summed E-state index contributed by atoms with van der Waals surface area (Å²) in [5, 5.41) is 12.2. The van der Waals surface area contributed by atoms with Crippen LogP contribution in [0, 0.1) is 5.92 Å². The predicted molar refractivity (Wildman–Crippen MR) is 42.5 cm³/mol. The van der Waals surface area contributed by atoms with Crippen LogP contribution in [0.2, 0.25) is 0 Å². The Morgan fingerprint density at radius 3 is 2.42 bits per heavy atom. The molecule has 5 heteroatoms. The van der Waals surface area contributed by atoms with E-state index in [2.05, 4.69) is 10.0 Å². The highest BCUT2D eigenvalue weighted by atomic mass is 16.4. The first-order chi connectivity index (χ1) is 5.74. The summed E-state index contributed by atoms with van der Waals surface area (Å²) in [5.41, 5.74) is 8.14. The number of hydrogen-bond donors (Lipinski definition) is 1. The van der Waals surface area contributed by atoms with Crippen molar-refractivity contribution in [2.24, 2.45) is 11.0 Å². The zero-order chi connectivity index (χ0) is 8.97. The Morgan fingerprint density at radius 1 is 1.42 bits per heavy atom. The van der Waals surface area contributed by atoms with Gasteiger partial charge < -0.3 is 5.11 Å². The van der Waals surface area contributed by atoms with Crippen molar-refractivity contribution >= 4 is 5.97 Å². The average molecular weight is 169 g/mol. The second-order valence-electron chi connectivity index (χ2n) is 3.05. The molecule has 5 nitrogen and oxygen atoms in total. The molecule has 1 aliphatic rings. The van der Waals surface area contributed by atoms with Gasteiger partial charge in [0.1, 0.15) is 0 Å². The van der Waals surface area contributed by atoms with Crippen molar-refractivity contribution in [3.63, 3.8) is 0 Å². The van der Waals surface area contributed by atoms with Crippen LogP contribution in [0.4, 0.5) is 0 Å². The highest BCUT2D eigenvalue weighted by Crippen LogP contribution is 2.26. The summed E-state index contributed by atoms with van der Waals surface area (Å²) in [5.74, 6) is -0.954. The van der Waals surface area contributed by atoms with E-state index in [0.717, 1.165) is 0 Å². The summed E-state index contributed by atoms with van der Waals surface area (Å²) in [7, 11) is 0. The molecule has 0 spiro atoms. The summed E-state index contributed by atoms with van der Waals surface area (Å²) in [6.45, 7) is 0. The fraction of sp³-hybridized carbons (Fsp3) is 0.857. The molecule has 1 aliphatic carbocycles. The third-order valence-corrected chi connectivity index (χ3v) is 2.26. The van der Waals surface area contributed by atoms with Crippen LogP contribution in [0.15, 0.2) is 5.11 Å². The summed E-state index contributed by atoms with van der Waals surface area (Å²) in [6.07, 6.45) is 2.69. The Balaban J connectivity index is 2.39. The van der Waals surface area contributed by atoms with Gasteiger partial charge >= 0.3 is 5.97 Å². The summed E-state index contributed by atoms with van der Waals surface area (Å²) >= 11 is 0. The molecule has 0 aromatic carbocycles. The molecular weight excluding hydrogens is 158 g/mol. The van der Waals surface area contributed by atoms with Crippen molar-refractivity contribution < 1.29 is 9.90 Å². The lowest BCUT2D eigenvalue weighted by Gasteiger charge is -2.22. The van der Waals surface area contributed by atoms with E-state index in [1.807, 2.05) is 0 Å². The lowest BCUT2D eigenvalue weighted by molar-refractivity contribution is -0.142. The van der Waals surface area contributed by atoms with Crippen molar-refractivity contribution in [1.29, 1.82) is 0 Å². The first-order valence-corrected chi connectivity index (χ1v) is 4.01. The van der Waals surface area contributed by atoms with Crippen LogP contribution in [0.25, 0.3) is 10.4 Å². The maximum absolute atomic E-state index is 10.5. The van der Waals surface area contributed by atoms with E-state index >= 15 is 0 Å². The van der Waals surface area contributed by atoms with Crippen molar-refractivity contribution in [2.45, 2.75) is 31.7 Å². The topological polar surface area (TPSA) is 86.1 Å². The van der Waals surface area contributed by atoms with Crippen LogP contribution in [0.5, 0.6) is 0 Å². The van der Waals surface area contributed by atoms with Crippen LogP contribution in [0.1, 0.15) is 25.7 Å². The second-order valence-corrected chi connectivity index (χ2v) is 3.05. The van der Waals surface area contributed by atoms with Gasteiger partial charge in [0.15, 0.2) is 0 Å². The standard InChI is InChI=1S/C7H11N3O2/c8-10-9-6-3-1-5(2-4-6)7(11)12/h5-6H,1-4H2,(H,11,12)/t5-,6-. The first-order valence-electron chi connectivity index (χ1n) is 4.01. The fourth-order valence-corrected chi connectivity index (χ4v) is 1.51. The van der Waals surface area contributed by atoms with E-state index in [1.54, 1.807) is 0 Å². The molecular formula is C7H11N3O2. The zero-order valence-electron chi connectivity index (χ0n) is 6.68. The Bertz CT molecular complexity index is 205. The van der Waals surface area contributed by atoms with Crippen molar-refractivity contribution in [3.8, 4) is 0 Å². The smallest absolute Gasteiger partial charge is 0.306 e. The third-order valence-electron chi connectivity index (χ3n) is 2.26. The number of rotatable bonds is 2. The average Bonchev–Trinajstić information content (AvgIpc) is 2.06. The van der Waals surface area contributed by atoms with Crippen LogP contribution >= 0.6 is 0 Å². The van der Waals surface area contributed by atoms with Crippen molar-refractivity contribution in [2.75, 3.05) is 0 Å². The molecule has 0 atom stereocenters. The quantitative estimate of drug-likeness (QED) is 0.389. The van der Waals surface area contributed by atoms with Gasteiger partial charge in [0.25, 0.3) is 0 Å². The van der Waals surface area contributed by atoms with Gasteiger partial charge in [-0.25, -0.2) is 0 Å². The Kier molecular flexibility index (Phi) is 2.94. The molecule has 66 valence electrons. The number of carboxylic acids is 1. The Labute approximate surface area is 70.0 Å². The normalized spacial score (nSPS) is 29.0. The van der Waals surface area contributed by atoms with Gasteiger partial charge in [0, 0.05) is 11.0 Å². The van der Waals surface area contributed by atoms with E-state index in [1.165, 1.54) is 0 Å². The van der Waals surface area contributed by atoms with Crippen LogP contribution in [0.3, 0.4) is 0 Å². The van der Waals surface area contributed by atoms with Gasteiger partial charge in [0.2, 0.25) is 0 Å². The molecule has 0 aromatic rings. The molecule has 1 N–H and O–H groups in total. The largest absolute Gasteiger partial charge is 0.481 e. The van der Waals surface area contributed by atoms with E-state index in [-0.39, 0.29) is 12.0 Å². The summed E-state index contributed by atoms with van der Waals surface area (Å²) in [6, 6.07) is 0.0191. The van der Waals surface area contributed by atoms with E-state index in [0.29, 0.717) is 25.7 Å². The molecule has 1 saturated carbocycles. The molecule has 0 aliphatic heterocycles. The molecule has 0 heterocycles. The Hall–Kier alpha value is -1.22. The number of carbonyl (C=O) groups is 1. The maximum atomic E-state index is 10.5. The van der Waals surface area contributed by atoms with E-state index in [4.69, 9.17) is 10.6 Å². The SMILES string of the molecule is [N-]=[N+]=N[C@H]1CC[C@H](C(=O)O)CC1. The van der Waals surface area contributed by atoms with E-state index in [9.17, 15) is 4.79 Å². The van der Waals surface area contributed by atoms with Crippen molar-refractivity contribution in [3.05, 3.63) is 10.4 Å². The number of aliphatic carboxylic acids is 1. The molecule has 0 bridgehead atoms. The number of hydrogen-bond acceptors (Lipinski definition) is 2. The van der Waals surface area contributed by atoms with E-state index < -0.39 is 5.97 Å².